The molecule has 1 aliphatic heterocycles. The minimum absolute atomic E-state index is 0.279. The third-order valence-electron chi connectivity index (χ3n) is 6.84. The van der Waals surface area contributed by atoms with E-state index in [0.29, 0.717) is 18.3 Å². The smallest absolute Gasteiger partial charge is 0.217 e. The largest absolute Gasteiger partial charge is 0.497 e. The van der Waals surface area contributed by atoms with Crippen LogP contribution in [0.25, 0.3) is 11.4 Å². The van der Waals surface area contributed by atoms with E-state index < -0.39 is 0 Å². The van der Waals surface area contributed by atoms with E-state index in [2.05, 4.69) is 80.4 Å². The first-order valence-electron chi connectivity index (χ1n) is 12.9. The van der Waals surface area contributed by atoms with Gasteiger partial charge in [0.05, 0.1) is 13.2 Å². The van der Waals surface area contributed by atoms with Crippen LogP contribution < -0.4 is 9.47 Å². The number of hydrogen-bond donors (Lipinski definition) is 0. The molecule has 5 rings (SSSR count). The number of hydrogen-bond acceptors (Lipinski definition) is 6. The summed E-state index contributed by atoms with van der Waals surface area (Å²) in [5.41, 5.74) is 4.52. The van der Waals surface area contributed by atoms with E-state index in [4.69, 9.17) is 9.47 Å². The Morgan fingerprint density at radius 2 is 1.41 bits per heavy atom. The van der Waals surface area contributed by atoms with Crippen molar-refractivity contribution in [3.8, 4) is 23.0 Å². The lowest BCUT2D eigenvalue weighted by Crippen LogP contribution is -2.48. The summed E-state index contributed by atoms with van der Waals surface area (Å²) in [6.45, 7) is 7.50. The molecule has 0 radical (unpaired) electrons. The van der Waals surface area contributed by atoms with Crippen molar-refractivity contribution in [3.05, 3.63) is 108 Å². The predicted molar refractivity (Wildman–Crippen MR) is 147 cm³/mol. The third kappa shape index (κ3) is 6.34. The molecular weight excluding hydrogens is 460 g/mol. The van der Waals surface area contributed by atoms with E-state index in [1.807, 2.05) is 37.3 Å². The van der Waals surface area contributed by atoms with Crippen LogP contribution in [0.5, 0.6) is 11.6 Å². The number of benzene rings is 3. The van der Waals surface area contributed by atoms with Crippen LogP contribution in [0.15, 0.2) is 91.0 Å². The molecule has 0 aliphatic carbocycles. The second-order valence-electron chi connectivity index (χ2n) is 9.35. The van der Waals surface area contributed by atoms with Crippen LogP contribution in [0.3, 0.4) is 0 Å². The Labute approximate surface area is 219 Å². The average molecular weight is 495 g/mol. The lowest BCUT2D eigenvalue weighted by atomic mass is 9.96. The zero-order valence-electron chi connectivity index (χ0n) is 21.6. The van der Waals surface area contributed by atoms with Gasteiger partial charge in [0.15, 0.2) is 5.82 Å². The minimum atomic E-state index is 0.279. The van der Waals surface area contributed by atoms with Crippen molar-refractivity contribution in [2.24, 2.45) is 0 Å². The zero-order chi connectivity index (χ0) is 25.5. The minimum Gasteiger partial charge on any atom is -0.497 e. The number of nitrogens with zero attached hydrogens (tertiary/aromatic N) is 4. The van der Waals surface area contributed by atoms with Crippen LogP contribution >= 0.6 is 0 Å². The van der Waals surface area contributed by atoms with E-state index in [-0.39, 0.29) is 6.04 Å². The summed E-state index contributed by atoms with van der Waals surface area (Å²) >= 11 is 0. The summed E-state index contributed by atoms with van der Waals surface area (Å²) in [5.74, 6) is 2.09. The van der Waals surface area contributed by atoms with Gasteiger partial charge in [-0.25, -0.2) is 4.98 Å². The molecule has 37 heavy (non-hydrogen) atoms. The van der Waals surface area contributed by atoms with Gasteiger partial charge in [-0.3, -0.25) is 9.80 Å². The average Bonchev–Trinajstić information content (AvgIpc) is 2.95. The van der Waals surface area contributed by atoms with E-state index in [9.17, 15) is 0 Å². The molecule has 6 nitrogen and oxygen atoms in total. The van der Waals surface area contributed by atoms with Crippen molar-refractivity contribution in [2.45, 2.75) is 13.0 Å². The predicted octanol–water partition coefficient (Wildman–Crippen LogP) is 5.25. The van der Waals surface area contributed by atoms with Crippen LogP contribution in [0, 0.1) is 6.92 Å². The third-order valence-corrected chi connectivity index (χ3v) is 6.84. The second-order valence-corrected chi connectivity index (χ2v) is 9.35. The molecule has 190 valence electrons. The fourth-order valence-electron chi connectivity index (χ4n) is 4.89. The Morgan fingerprint density at radius 1 is 0.784 bits per heavy atom. The zero-order valence-corrected chi connectivity index (χ0v) is 21.6. The lowest BCUT2D eigenvalue weighted by Gasteiger charge is -2.39. The maximum Gasteiger partial charge on any atom is 0.217 e. The maximum atomic E-state index is 6.08. The number of ether oxygens (including phenoxy) is 2. The Hall–Kier alpha value is -3.74. The van der Waals surface area contributed by atoms with Gasteiger partial charge < -0.3 is 9.47 Å². The van der Waals surface area contributed by atoms with E-state index in [1.54, 1.807) is 7.11 Å². The van der Waals surface area contributed by atoms with Gasteiger partial charge in [0.1, 0.15) is 12.4 Å². The highest BCUT2D eigenvalue weighted by atomic mass is 16.5. The topological polar surface area (TPSA) is 50.7 Å². The normalized spacial score (nSPS) is 14.6. The van der Waals surface area contributed by atoms with Crippen LogP contribution in [0.1, 0.15) is 22.9 Å². The number of rotatable bonds is 9. The number of aromatic nitrogens is 2. The van der Waals surface area contributed by atoms with Gasteiger partial charge in [-0.15, -0.1) is 0 Å². The highest BCUT2D eigenvalue weighted by Crippen LogP contribution is 2.29. The summed E-state index contributed by atoms with van der Waals surface area (Å²) in [6, 6.07) is 31.6. The van der Waals surface area contributed by atoms with Gasteiger partial charge in [0, 0.05) is 50.0 Å². The molecule has 6 heteroatoms. The molecule has 0 unspecified atom stereocenters. The van der Waals surface area contributed by atoms with Crippen molar-refractivity contribution in [2.75, 3.05) is 46.4 Å². The Morgan fingerprint density at radius 3 is 2.00 bits per heavy atom. The molecule has 1 fully saturated rings. The number of methoxy groups -OCH3 is 1. The Kier molecular flexibility index (Phi) is 8.08. The summed E-state index contributed by atoms with van der Waals surface area (Å²) in [7, 11) is 1.66. The molecule has 1 aromatic heterocycles. The molecule has 2 heterocycles. The van der Waals surface area contributed by atoms with Crippen molar-refractivity contribution < 1.29 is 9.47 Å². The Balaban J connectivity index is 1.17. The van der Waals surface area contributed by atoms with Crippen LogP contribution in [0.4, 0.5) is 0 Å². The van der Waals surface area contributed by atoms with Crippen LogP contribution in [-0.2, 0) is 0 Å². The monoisotopic (exact) mass is 494 g/mol. The summed E-state index contributed by atoms with van der Waals surface area (Å²) in [4.78, 5) is 14.3. The molecule has 0 atom stereocenters. The summed E-state index contributed by atoms with van der Waals surface area (Å²) in [5, 5.41) is 0. The van der Waals surface area contributed by atoms with Crippen LogP contribution in [-0.4, -0.2) is 66.2 Å². The number of piperazine rings is 1. The summed E-state index contributed by atoms with van der Waals surface area (Å²) in [6.07, 6.45) is 0. The molecule has 0 N–H and O–H groups in total. The van der Waals surface area contributed by atoms with Crippen LogP contribution in [0.2, 0.25) is 0 Å². The molecule has 1 saturated heterocycles. The second kappa shape index (κ2) is 12.0. The van der Waals surface area contributed by atoms with Crippen molar-refractivity contribution in [1.82, 2.24) is 19.8 Å². The van der Waals surface area contributed by atoms with E-state index in [1.165, 1.54) is 11.1 Å². The molecule has 0 spiro atoms. The highest BCUT2D eigenvalue weighted by Gasteiger charge is 2.26. The standard InChI is InChI=1S/C31H34N4O2/c1-24-23-29(33-31(32-24)27-13-15-28(36-2)16-14-27)37-22-21-34-17-19-35(20-18-34)30(25-9-5-3-6-10-25)26-11-7-4-8-12-26/h3-16,23,30H,17-22H2,1-2H3. The van der Waals surface area contributed by atoms with Crippen molar-refractivity contribution in [1.29, 1.82) is 0 Å². The molecular formula is C31H34N4O2. The molecule has 0 bridgehead atoms. The van der Waals surface area contributed by atoms with Gasteiger partial charge in [0.25, 0.3) is 0 Å². The molecule has 0 amide bonds. The van der Waals surface area contributed by atoms with E-state index >= 15 is 0 Å². The molecule has 1 aliphatic rings. The quantitative estimate of drug-likeness (QED) is 0.317. The van der Waals surface area contributed by atoms with Crippen molar-refractivity contribution in [3.63, 3.8) is 0 Å². The molecule has 3 aromatic carbocycles. The van der Waals surface area contributed by atoms with Gasteiger partial charge in [-0.1, -0.05) is 60.7 Å². The fourth-order valence-corrected chi connectivity index (χ4v) is 4.89. The highest BCUT2D eigenvalue weighted by molar-refractivity contribution is 5.57. The fraction of sp³-hybridized carbons (Fsp3) is 0.290. The maximum absolute atomic E-state index is 6.08. The first-order valence-corrected chi connectivity index (χ1v) is 12.9. The molecule has 4 aromatic rings. The van der Waals surface area contributed by atoms with Gasteiger partial charge in [0.2, 0.25) is 5.88 Å². The first kappa shape index (κ1) is 24.9. The summed E-state index contributed by atoms with van der Waals surface area (Å²) < 4.78 is 11.3. The van der Waals surface area contributed by atoms with Crippen molar-refractivity contribution >= 4 is 0 Å². The SMILES string of the molecule is COc1ccc(-c2nc(C)cc(OCCN3CCN(C(c4ccccc4)c4ccccc4)CC3)n2)cc1. The van der Waals surface area contributed by atoms with Gasteiger partial charge in [-0.05, 0) is 42.3 Å². The first-order chi connectivity index (χ1) is 18.2. The number of aryl methyl sites for hydroxylation is 1. The van der Waals surface area contributed by atoms with Gasteiger partial charge >= 0.3 is 0 Å². The molecule has 0 saturated carbocycles. The Bertz CT molecular complexity index is 1220. The van der Waals surface area contributed by atoms with Gasteiger partial charge in [-0.2, -0.15) is 4.98 Å². The lowest BCUT2D eigenvalue weighted by molar-refractivity contribution is 0.0971. The van der Waals surface area contributed by atoms with E-state index in [0.717, 1.165) is 49.7 Å².